The fourth-order valence-corrected chi connectivity index (χ4v) is 3.90. The van der Waals surface area contributed by atoms with E-state index in [0.717, 1.165) is 10.9 Å². The lowest BCUT2D eigenvalue weighted by Crippen LogP contribution is -2.35. The van der Waals surface area contributed by atoms with Gasteiger partial charge in [0, 0.05) is 29.0 Å². The minimum absolute atomic E-state index is 0.342. The van der Waals surface area contributed by atoms with E-state index in [-0.39, 0.29) is 5.82 Å². The lowest BCUT2D eigenvalue weighted by Gasteiger charge is -2.20. The summed E-state index contributed by atoms with van der Waals surface area (Å²) < 4.78 is 13.8. The van der Waals surface area contributed by atoms with Crippen LogP contribution in [0.4, 0.5) is 15.8 Å². The Morgan fingerprint density at radius 3 is 2.80 bits per heavy atom. The maximum atomic E-state index is 13.8. The second-order valence-electron chi connectivity index (χ2n) is 7.48. The largest absolute Gasteiger partial charge is 0.375 e. The minimum atomic E-state index is -1.61. The first-order chi connectivity index (χ1) is 14.4. The number of aliphatic hydroxyl groups is 1. The summed E-state index contributed by atoms with van der Waals surface area (Å²) in [5, 5.41) is 20.4. The van der Waals surface area contributed by atoms with Crippen LogP contribution in [-0.4, -0.2) is 26.2 Å². The molecule has 6 nitrogen and oxygen atoms in total. The normalized spacial score (nSPS) is 18.1. The quantitative estimate of drug-likeness (QED) is 0.568. The zero-order valence-corrected chi connectivity index (χ0v) is 16.1. The zero-order valence-electron chi connectivity index (χ0n) is 16.1. The van der Waals surface area contributed by atoms with E-state index in [9.17, 15) is 14.3 Å². The molecule has 30 heavy (non-hydrogen) atoms. The average molecular weight is 400 g/mol. The number of hydrogen-bond acceptors (Lipinski definition) is 5. The van der Waals surface area contributed by atoms with Crippen LogP contribution in [-0.2, 0) is 16.8 Å². The number of fused-ring (bicyclic) bond motifs is 2. The Hall–Kier alpha value is -3.71. The number of hydrogen-bond donors (Lipinski definition) is 1. The van der Waals surface area contributed by atoms with Crippen LogP contribution in [0, 0.1) is 5.82 Å². The first-order valence-corrected chi connectivity index (χ1v) is 9.45. The smallest absolute Gasteiger partial charge is 0.267 e. The molecule has 148 valence electrons. The number of benzene rings is 2. The highest BCUT2D eigenvalue weighted by Crippen LogP contribution is 2.43. The summed E-state index contributed by atoms with van der Waals surface area (Å²) in [6, 6.07) is 13.5. The predicted molar refractivity (Wildman–Crippen MR) is 110 cm³/mol. The summed E-state index contributed by atoms with van der Waals surface area (Å²) in [5.74, 6) is -0.778. The van der Waals surface area contributed by atoms with Gasteiger partial charge in [-0.2, -0.15) is 10.2 Å². The van der Waals surface area contributed by atoms with Crippen LogP contribution < -0.4 is 4.90 Å². The van der Waals surface area contributed by atoms with Crippen molar-refractivity contribution >= 4 is 28.1 Å². The maximum absolute atomic E-state index is 13.8. The highest BCUT2D eigenvalue weighted by atomic mass is 19.1. The lowest BCUT2D eigenvalue weighted by molar-refractivity contribution is -0.133. The molecule has 1 unspecified atom stereocenters. The molecule has 1 aliphatic rings. The molecule has 2 aromatic heterocycles. The van der Waals surface area contributed by atoms with Gasteiger partial charge < -0.3 is 5.11 Å². The lowest BCUT2D eigenvalue weighted by atomic mass is 9.98. The number of para-hydroxylation sites is 1. The van der Waals surface area contributed by atoms with E-state index < -0.39 is 11.5 Å². The van der Waals surface area contributed by atoms with E-state index in [1.807, 2.05) is 12.1 Å². The molecule has 0 spiro atoms. The molecular formula is C23H17FN4O2. The van der Waals surface area contributed by atoms with Crippen LogP contribution in [0.25, 0.3) is 10.8 Å². The first kappa shape index (κ1) is 18.3. The maximum Gasteiger partial charge on any atom is 0.267 e. The number of aromatic nitrogens is 3. The van der Waals surface area contributed by atoms with E-state index in [1.54, 1.807) is 42.9 Å². The molecule has 0 saturated heterocycles. The number of amides is 1. The second-order valence-corrected chi connectivity index (χ2v) is 7.48. The van der Waals surface area contributed by atoms with Gasteiger partial charge in [-0.1, -0.05) is 18.2 Å². The third kappa shape index (κ3) is 2.83. The number of nitrogens with zero attached hydrogens (tertiary/aromatic N) is 4. The number of carbonyl (C=O) groups excluding carboxylic acids is 1. The monoisotopic (exact) mass is 400 g/mol. The van der Waals surface area contributed by atoms with E-state index in [1.165, 1.54) is 24.0 Å². The summed E-state index contributed by atoms with van der Waals surface area (Å²) in [6.07, 6.45) is 5.21. The van der Waals surface area contributed by atoms with Gasteiger partial charge in [-0.3, -0.25) is 14.7 Å². The Morgan fingerprint density at radius 2 is 1.93 bits per heavy atom. The molecule has 2 aromatic carbocycles. The number of carbonyl (C=O) groups is 1. The Labute approximate surface area is 171 Å². The summed E-state index contributed by atoms with van der Waals surface area (Å²) in [5.41, 5.74) is 1.52. The predicted octanol–water partition coefficient (Wildman–Crippen LogP) is 3.64. The van der Waals surface area contributed by atoms with Gasteiger partial charge in [0.25, 0.3) is 5.91 Å². The molecule has 7 heteroatoms. The van der Waals surface area contributed by atoms with Gasteiger partial charge in [0.15, 0.2) is 5.60 Å². The van der Waals surface area contributed by atoms with E-state index in [2.05, 4.69) is 15.2 Å². The van der Waals surface area contributed by atoms with Crippen LogP contribution in [0.3, 0.4) is 0 Å². The molecule has 4 aromatic rings. The average Bonchev–Trinajstić information content (AvgIpc) is 2.95. The van der Waals surface area contributed by atoms with Crippen LogP contribution >= 0.6 is 0 Å². The van der Waals surface area contributed by atoms with Gasteiger partial charge in [0.05, 0.1) is 29.5 Å². The van der Waals surface area contributed by atoms with Crippen molar-refractivity contribution in [2.45, 2.75) is 18.9 Å². The van der Waals surface area contributed by atoms with Crippen LogP contribution in [0.15, 0.2) is 67.1 Å². The Morgan fingerprint density at radius 1 is 1.10 bits per heavy atom. The Bertz CT molecular complexity index is 1310. The van der Waals surface area contributed by atoms with Crippen molar-refractivity contribution in [1.29, 1.82) is 0 Å². The topological polar surface area (TPSA) is 79.2 Å². The van der Waals surface area contributed by atoms with E-state index in [4.69, 9.17) is 0 Å². The standard InChI is InChI=1S/C23H17FN4O2/c1-23(30)19-4-2-3-5-21(19)28(22(23)29)17-8-14(11-25-13-17)9-20-18-10-16(24)7-6-15(18)12-26-27-20/h2-8,10-13,30H,9H2,1H3. The van der Waals surface area contributed by atoms with Gasteiger partial charge in [0.1, 0.15) is 5.82 Å². The molecular weight excluding hydrogens is 383 g/mol. The summed E-state index contributed by atoms with van der Waals surface area (Å²) in [6.45, 7) is 1.49. The molecule has 0 saturated carbocycles. The van der Waals surface area contributed by atoms with Crippen molar-refractivity contribution in [3.05, 3.63) is 89.8 Å². The summed E-state index contributed by atoms with van der Waals surface area (Å²) in [4.78, 5) is 18.7. The molecule has 0 bridgehead atoms. The molecule has 1 atom stereocenters. The molecule has 0 fully saturated rings. The number of anilines is 2. The van der Waals surface area contributed by atoms with Gasteiger partial charge in [-0.15, -0.1) is 0 Å². The van der Waals surface area contributed by atoms with Crippen molar-refractivity contribution in [3.63, 3.8) is 0 Å². The number of pyridine rings is 1. The van der Waals surface area contributed by atoms with E-state index >= 15 is 0 Å². The number of halogens is 1. The van der Waals surface area contributed by atoms with Gasteiger partial charge in [-0.25, -0.2) is 4.39 Å². The molecule has 1 amide bonds. The van der Waals surface area contributed by atoms with Gasteiger partial charge in [-0.05, 0) is 42.8 Å². The Kier molecular flexibility index (Phi) is 4.08. The van der Waals surface area contributed by atoms with Crippen LogP contribution in [0.2, 0.25) is 0 Å². The Balaban J connectivity index is 1.55. The summed E-state index contributed by atoms with van der Waals surface area (Å²) >= 11 is 0. The first-order valence-electron chi connectivity index (χ1n) is 9.45. The molecule has 3 heterocycles. The van der Waals surface area contributed by atoms with Crippen molar-refractivity contribution in [2.75, 3.05) is 4.90 Å². The molecule has 1 aliphatic heterocycles. The van der Waals surface area contributed by atoms with Crippen molar-refractivity contribution in [1.82, 2.24) is 15.2 Å². The van der Waals surface area contributed by atoms with Crippen molar-refractivity contribution in [3.8, 4) is 0 Å². The third-order valence-corrected chi connectivity index (χ3v) is 5.40. The fraction of sp³-hybridized carbons (Fsp3) is 0.130. The van der Waals surface area contributed by atoms with Gasteiger partial charge >= 0.3 is 0 Å². The van der Waals surface area contributed by atoms with Crippen molar-refractivity contribution in [2.24, 2.45) is 0 Å². The molecule has 0 radical (unpaired) electrons. The number of rotatable bonds is 3. The molecule has 5 rings (SSSR count). The summed E-state index contributed by atoms with van der Waals surface area (Å²) in [7, 11) is 0. The molecule has 1 N–H and O–H groups in total. The highest BCUT2D eigenvalue weighted by Gasteiger charge is 2.46. The molecule has 0 aliphatic carbocycles. The zero-order chi connectivity index (χ0) is 20.9. The van der Waals surface area contributed by atoms with E-state index in [0.29, 0.717) is 34.4 Å². The highest BCUT2D eigenvalue weighted by molar-refractivity contribution is 6.11. The van der Waals surface area contributed by atoms with Crippen LogP contribution in [0.5, 0.6) is 0 Å². The SMILES string of the molecule is CC1(O)C(=O)N(c2cncc(Cc3nncc4ccc(F)cc34)c2)c2ccccc21. The van der Waals surface area contributed by atoms with Crippen LogP contribution in [0.1, 0.15) is 23.7 Å². The minimum Gasteiger partial charge on any atom is -0.375 e. The fourth-order valence-electron chi connectivity index (χ4n) is 3.90. The second kappa shape index (κ2) is 6.67. The third-order valence-electron chi connectivity index (χ3n) is 5.40. The van der Waals surface area contributed by atoms with Gasteiger partial charge in [0.2, 0.25) is 0 Å². The van der Waals surface area contributed by atoms with Crippen molar-refractivity contribution < 1.29 is 14.3 Å².